The summed E-state index contributed by atoms with van der Waals surface area (Å²) in [6.45, 7) is 3.27. The third kappa shape index (κ3) is 2.96. The van der Waals surface area contributed by atoms with E-state index in [-0.39, 0.29) is 6.04 Å². The Morgan fingerprint density at radius 1 is 1.23 bits per heavy atom. The average molecular weight is 295 g/mol. The minimum atomic E-state index is 0.0947. The number of anilines is 1. The second kappa shape index (κ2) is 6.35. The molecule has 0 bridgehead atoms. The smallest absolute Gasteiger partial charge is 0.161 e. The molecule has 3 rings (SSSR count). The lowest BCUT2D eigenvalue weighted by Crippen LogP contribution is -2.16. The SMILES string of the molecule is CCC(Nc1cccc(C#N)n1)c1ccc2c(c1)OCCO2. The average Bonchev–Trinajstić information content (AvgIpc) is 2.59. The van der Waals surface area contributed by atoms with Crippen molar-refractivity contribution in [2.24, 2.45) is 0 Å². The highest BCUT2D eigenvalue weighted by Gasteiger charge is 2.16. The Morgan fingerprint density at radius 3 is 2.82 bits per heavy atom. The molecular formula is C17H17N3O2. The maximum absolute atomic E-state index is 8.93. The van der Waals surface area contributed by atoms with Crippen LogP contribution >= 0.6 is 0 Å². The lowest BCUT2D eigenvalue weighted by molar-refractivity contribution is 0.171. The van der Waals surface area contributed by atoms with Gasteiger partial charge in [0.05, 0.1) is 6.04 Å². The van der Waals surface area contributed by atoms with E-state index >= 15 is 0 Å². The lowest BCUT2D eigenvalue weighted by Gasteiger charge is -2.22. The zero-order valence-corrected chi connectivity index (χ0v) is 12.4. The van der Waals surface area contributed by atoms with Crippen molar-refractivity contribution in [1.29, 1.82) is 5.26 Å². The molecule has 0 spiro atoms. The zero-order chi connectivity index (χ0) is 15.4. The molecule has 1 aromatic carbocycles. The predicted octanol–water partition coefficient (Wildman–Crippen LogP) is 3.29. The van der Waals surface area contributed by atoms with Crippen LogP contribution in [0.25, 0.3) is 0 Å². The number of nitriles is 1. The maximum Gasteiger partial charge on any atom is 0.161 e. The summed E-state index contributed by atoms with van der Waals surface area (Å²) >= 11 is 0. The fourth-order valence-corrected chi connectivity index (χ4v) is 2.45. The molecule has 1 atom stereocenters. The maximum atomic E-state index is 8.93. The molecule has 0 radical (unpaired) electrons. The van der Waals surface area contributed by atoms with Gasteiger partial charge in [-0.3, -0.25) is 0 Å². The number of pyridine rings is 1. The van der Waals surface area contributed by atoms with Gasteiger partial charge in [0.1, 0.15) is 30.8 Å². The number of rotatable bonds is 4. The number of hydrogen-bond donors (Lipinski definition) is 1. The fraction of sp³-hybridized carbons (Fsp3) is 0.294. The summed E-state index contributed by atoms with van der Waals surface area (Å²) in [6, 6.07) is 13.5. The van der Waals surface area contributed by atoms with Crippen LogP contribution in [0.15, 0.2) is 36.4 Å². The van der Waals surface area contributed by atoms with E-state index in [0.717, 1.165) is 23.5 Å². The third-order valence-electron chi connectivity index (χ3n) is 3.56. The third-order valence-corrected chi connectivity index (χ3v) is 3.56. The first-order chi connectivity index (χ1) is 10.8. The summed E-state index contributed by atoms with van der Waals surface area (Å²) in [5.74, 6) is 2.26. The van der Waals surface area contributed by atoms with Gasteiger partial charge in [0.2, 0.25) is 0 Å². The lowest BCUT2D eigenvalue weighted by atomic mass is 10.0. The Bertz CT molecular complexity index is 709. The molecule has 0 aliphatic carbocycles. The zero-order valence-electron chi connectivity index (χ0n) is 12.4. The van der Waals surface area contributed by atoms with Crippen molar-refractivity contribution in [1.82, 2.24) is 4.98 Å². The van der Waals surface area contributed by atoms with Crippen LogP contribution in [0.3, 0.4) is 0 Å². The van der Waals surface area contributed by atoms with Crippen LogP contribution < -0.4 is 14.8 Å². The van der Waals surface area contributed by atoms with Crippen molar-refractivity contribution in [3.05, 3.63) is 47.7 Å². The number of benzene rings is 1. The highest BCUT2D eigenvalue weighted by atomic mass is 16.6. The number of fused-ring (bicyclic) bond motifs is 1. The van der Waals surface area contributed by atoms with E-state index < -0.39 is 0 Å². The Kier molecular flexibility index (Phi) is 4.10. The Hall–Kier alpha value is -2.74. The molecule has 1 N–H and O–H groups in total. The van der Waals surface area contributed by atoms with E-state index in [1.54, 1.807) is 6.07 Å². The molecule has 0 saturated carbocycles. The molecule has 1 aliphatic rings. The monoisotopic (exact) mass is 295 g/mol. The van der Waals surface area contributed by atoms with E-state index in [1.165, 1.54) is 0 Å². The minimum absolute atomic E-state index is 0.0947. The summed E-state index contributed by atoms with van der Waals surface area (Å²) in [6.07, 6.45) is 0.887. The molecule has 5 nitrogen and oxygen atoms in total. The predicted molar refractivity (Wildman–Crippen MR) is 83.0 cm³/mol. The van der Waals surface area contributed by atoms with Crippen molar-refractivity contribution >= 4 is 5.82 Å². The standard InChI is InChI=1S/C17H17N3O2/c1-2-14(20-17-5-3-4-13(11-18)19-17)12-6-7-15-16(10-12)22-9-8-21-15/h3-7,10,14H,2,8-9H2,1H3,(H,19,20). The number of nitrogens with zero attached hydrogens (tertiary/aromatic N) is 2. The summed E-state index contributed by atoms with van der Waals surface area (Å²) in [7, 11) is 0. The van der Waals surface area contributed by atoms with E-state index in [0.29, 0.717) is 24.7 Å². The molecular weight excluding hydrogens is 278 g/mol. The quantitative estimate of drug-likeness (QED) is 0.937. The first-order valence-corrected chi connectivity index (χ1v) is 7.33. The number of aromatic nitrogens is 1. The molecule has 112 valence electrons. The first kappa shape index (κ1) is 14.2. The molecule has 2 heterocycles. The van der Waals surface area contributed by atoms with Crippen LogP contribution in [0.2, 0.25) is 0 Å². The highest BCUT2D eigenvalue weighted by Crippen LogP contribution is 2.34. The van der Waals surface area contributed by atoms with Crippen molar-refractivity contribution in [3.63, 3.8) is 0 Å². The van der Waals surface area contributed by atoms with Crippen LogP contribution in [0.4, 0.5) is 5.82 Å². The van der Waals surface area contributed by atoms with Crippen molar-refractivity contribution < 1.29 is 9.47 Å². The van der Waals surface area contributed by atoms with E-state index in [4.69, 9.17) is 14.7 Å². The van der Waals surface area contributed by atoms with Crippen LogP contribution in [-0.2, 0) is 0 Å². The van der Waals surface area contributed by atoms with Gasteiger partial charge in [-0.1, -0.05) is 19.1 Å². The fourth-order valence-electron chi connectivity index (χ4n) is 2.45. The summed E-state index contributed by atoms with van der Waals surface area (Å²) in [5, 5.41) is 12.3. The van der Waals surface area contributed by atoms with Crippen LogP contribution in [0.5, 0.6) is 11.5 Å². The number of ether oxygens (including phenoxy) is 2. The molecule has 1 unspecified atom stereocenters. The molecule has 0 fully saturated rings. The Morgan fingerprint density at radius 2 is 2.05 bits per heavy atom. The molecule has 0 saturated heterocycles. The van der Waals surface area contributed by atoms with Crippen LogP contribution in [0.1, 0.15) is 30.6 Å². The first-order valence-electron chi connectivity index (χ1n) is 7.33. The topological polar surface area (TPSA) is 67.2 Å². The summed E-state index contributed by atoms with van der Waals surface area (Å²) in [5.41, 5.74) is 1.51. The number of nitrogens with one attached hydrogen (secondary N) is 1. The highest BCUT2D eigenvalue weighted by molar-refractivity contribution is 5.47. The van der Waals surface area contributed by atoms with Crippen molar-refractivity contribution in [3.8, 4) is 17.6 Å². The van der Waals surface area contributed by atoms with Gasteiger partial charge in [0.25, 0.3) is 0 Å². The van der Waals surface area contributed by atoms with Gasteiger partial charge < -0.3 is 14.8 Å². The normalized spacial score (nSPS) is 14.0. The molecule has 5 heteroatoms. The number of hydrogen-bond acceptors (Lipinski definition) is 5. The summed E-state index contributed by atoms with van der Waals surface area (Å²) in [4.78, 5) is 4.26. The second-order valence-corrected chi connectivity index (χ2v) is 5.03. The van der Waals surface area contributed by atoms with E-state index in [9.17, 15) is 0 Å². The van der Waals surface area contributed by atoms with Gasteiger partial charge >= 0.3 is 0 Å². The van der Waals surface area contributed by atoms with Crippen LogP contribution in [-0.4, -0.2) is 18.2 Å². The summed E-state index contributed by atoms with van der Waals surface area (Å²) < 4.78 is 11.2. The van der Waals surface area contributed by atoms with Crippen LogP contribution in [0, 0.1) is 11.3 Å². The Balaban J connectivity index is 1.83. The van der Waals surface area contributed by atoms with Crippen molar-refractivity contribution in [2.45, 2.75) is 19.4 Å². The van der Waals surface area contributed by atoms with Crippen molar-refractivity contribution in [2.75, 3.05) is 18.5 Å². The molecule has 1 aromatic heterocycles. The molecule has 2 aromatic rings. The largest absolute Gasteiger partial charge is 0.486 e. The Labute approximate surface area is 129 Å². The molecule has 22 heavy (non-hydrogen) atoms. The van der Waals surface area contributed by atoms with Gasteiger partial charge in [-0.2, -0.15) is 5.26 Å². The molecule has 0 amide bonds. The van der Waals surface area contributed by atoms with Gasteiger partial charge in [0.15, 0.2) is 11.5 Å². The van der Waals surface area contributed by atoms with E-state index in [1.807, 2.05) is 30.3 Å². The van der Waals surface area contributed by atoms with Gasteiger partial charge in [-0.05, 0) is 36.2 Å². The van der Waals surface area contributed by atoms with Gasteiger partial charge in [-0.25, -0.2) is 4.98 Å². The van der Waals surface area contributed by atoms with Gasteiger partial charge in [-0.15, -0.1) is 0 Å². The minimum Gasteiger partial charge on any atom is -0.486 e. The van der Waals surface area contributed by atoms with E-state index in [2.05, 4.69) is 23.3 Å². The second-order valence-electron chi connectivity index (χ2n) is 5.03. The van der Waals surface area contributed by atoms with Gasteiger partial charge in [0, 0.05) is 0 Å². The molecule has 1 aliphatic heterocycles.